The van der Waals surface area contributed by atoms with Gasteiger partial charge in [-0.2, -0.15) is 0 Å². The van der Waals surface area contributed by atoms with Crippen molar-refractivity contribution in [1.82, 2.24) is 0 Å². The lowest BCUT2D eigenvalue weighted by atomic mass is 9.81. The molecule has 0 amide bonds. The van der Waals surface area contributed by atoms with Crippen LogP contribution in [0.5, 0.6) is 0 Å². The summed E-state index contributed by atoms with van der Waals surface area (Å²) in [6, 6.07) is 9.94. The number of aliphatic hydroxyl groups excluding tert-OH is 2. The lowest BCUT2D eigenvalue weighted by Gasteiger charge is -2.45. The van der Waals surface area contributed by atoms with E-state index in [2.05, 4.69) is 6.92 Å². The molecule has 2 rings (SSSR count). The third-order valence-electron chi connectivity index (χ3n) is 4.51. The van der Waals surface area contributed by atoms with E-state index in [1.807, 2.05) is 37.3 Å². The summed E-state index contributed by atoms with van der Waals surface area (Å²) in [5.41, 5.74) is 1.09. The first kappa shape index (κ1) is 17.4. The lowest BCUT2D eigenvalue weighted by molar-refractivity contribution is -0.290. The SMILES string of the molecule is CO[C@H]1OC(C(O)CO)[C@@H](C)C(C)[C@@H]1OCc1ccccc1. The molecule has 22 heavy (non-hydrogen) atoms. The summed E-state index contributed by atoms with van der Waals surface area (Å²) in [5.74, 6) is 0.183. The quantitative estimate of drug-likeness (QED) is 0.835. The summed E-state index contributed by atoms with van der Waals surface area (Å²) in [6.07, 6.45) is -2.14. The highest BCUT2D eigenvalue weighted by molar-refractivity contribution is 5.13. The zero-order chi connectivity index (χ0) is 16.1. The van der Waals surface area contributed by atoms with Crippen LogP contribution in [0.25, 0.3) is 0 Å². The number of benzene rings is 1. The van der Waals surface area contributed by atoms with Crippen LogP contribution in [-0.4, -0.2) is 48.5 Å². The second-order valence-electron chi connectivity index (χ2n) is 5.93. The van der Waals surface area contributed by atoms with Crippen molar-refractivity contribution in [3.8, 4) is 0 Å². The normalized spacial score (nSPS) is 33.6. The molecule has 1 aromatic rings. The second kappa shape index (κ2) is 8.04. The molecule has 1 aliphatic heterocycles. The van der Waals surface area contributed by atoms with Crippen molar-refractivity contribution in [3.63, 3.8) is 0 Å². The molecule has 0 spiro atoms. The van der Waals surface area contributed by atoms with Crippen molar-refractivity contribution in [2.45, 2.75) is 45.1 Å². The third-order valence-corrected chi connectivity index (χ3v) is 4.51. The van der Waals surface area contributed by atoms with Crippen LogP contribution < -0.4 is 0 Å². The van der Waals surface area contributed by atoms with Gasteiger partial charge in [0.05, 0.1) is 19.3 Å². The number of hydrogen-bond acceptors (Lipinski definition) is 5. The molecule has 1 fully saturated rings. The molecule has 0 aliphatic carbocycles. The Balaban J connectivity index is 2.04. The Labute approximate surface area is 131 Å². The zero-order valence-corrected chi connectivity index (χ0v) is 13.4. The average molecular weight is 310 g/mol. The van der Waals surface area contributed by atoms with Crippen molar-refractivity contribution < 1.29 is 24.4 Å². The van der Waals surface area contributed by atoms with E-state index in [-0.39, 0.29) is 24.5 Å². The molecule has 0 saturated carbocycles. The van der Waals surface area contributed by atoms with Crippen molar-refractivity contribution >= 4 is 0 Å². The van der Waals surface area contributed by atoms with Crippen molar-refractivity contribution in [1.29, 1.82) is 0 Å². The van der Waals surface area contributed by atoms with Crippen LogP contribution in [0.15, 0.2) is 30.3 Å². The van der Waals surface area contributed by atoms with Gasteiger partial charge in [0.2, 0.25) is 0 Å². The van der Waals surface area contributed by atoms with Crippen molar-refractivity contribution in [2.75, 3.05) is 13.7 Å². The van der Waals surface area contributed by atoms with Gasteiger partial charge in [-0.1, -0.05) is 44.2 Å². The van der Waals surface area contributed by atoms with Gasteiger partial charge in [-0.15, -0.1) is 0 Å². The van der Waals surface area contributed by atoms with E-state index in [1.54, 1.807) is 7.11 Å². The van der Waals surface area contributed by atoms with Gasteiger partial charge in [-0.3, -0.25) is 0 Å². The van der Waals surface area contributed by atoms with E-state index in [0.717, 1.165) is 5.56 Å². The molecule has 3 unspecified atom stereocenters. The maximum Gasteiger partial charge on any atom is 0.184 e. The first-order valence-electron chi connectivity index (χ1n) is 7.71. The average Bonchev–Trinajstić information content (AvgIpc) is 2.56. The van der Waals surface area contributed by atoms with Gasteiger partial charge >= 0.3 is 0 Å². The molecule has 124 valence electrons. The molecule has 5 nitrogen and oxygen atoms in total. The van der Waals surface area contributed by atoms with Gasteiger partial charge in [0, 0.05) is 7.11 Å². The fraction of sp³-hybridized carbons (Fsp3) is 0.647. The highest BCUT2D eigenvalue weighted by atomic mass is 16.7. The number of methoxy groups -OCH3 is 1. The third kappa shape index (κ3) is 3.86. The van der Waals surface area contributed by atoms with Gasteiger partial charge in [0.1, 0.15) is 12.2 Å². The molecular formula is C17H26O5. The van der Waals surface area contributed by atoms with Crippen LogP contribution in [0.3, 0.4) is 0 Å². The van der Waals surface area contributed by atoms with Gasteiger partial charge in [0.25, 0.3) is 0 Å². The Morgan fingerprint density at radius 2 is 1.86 bits per heavy atom. The minimum atomic E-state index is -0.912. The monoisotopic (exact) mass is 310 g/mol. The first-order chi connectivity index (χ1) is 10.6. The fourth-order valence-electron chi connectivity index (χ4n) is 2.93. The zero-order valence-electron chi connectivity index (χ0n) is 13.4. The Morgan fingerprint density at radius 3 is 2.45 bits per heavy atom. The minimum absolute atomic E-state index is 0.0503. The van der Waals surface area contributed by atoms with Crippen LogP contribution in [0.2, 0.25) is 0 Å². The summed E-state index contributed by atoms with van der Waals surface area (Å²) in [4.78, 5) is 0. The second-order valence-corrected chi connectivity index (χ2v) is 5.93. The minimum Gasteiger partial charge on any atom is -0.394 e. The number of ether oxygens (including phenoxy) is 3. The highest BCUT2D eigenvalue weighted by Crippen LogP contribution is 2.34. The number of hydrogen-bond donors (Lipinski definition) is 2. The molecule has 0 bridgehead atoms. The molecular weight excluding hydrogens is 284 g/mol. The number of aliphatic hydroxyl groups is 2. The standard InChI is InChI=1S/C17H26O5/c1-11-12(2)16(21-10-13-7-5-4-6-8-13)17(20-3)22-15(11)14(19)9-18/h4-8,11-12,14-19H,9-10H2,1-3H3/t11-,12?,14?,15?,16-,17-/m0/s1. The molecule has 0 aromatic heterocycles. The van der Waals surface area contributed by atoms with Crippen LogP contribution in [0.4, 0.5) is 0 Å². The van der Waals surface area contributed by atoms with Gasteiger partial charge < -0.3 is 24.4 Å². The molecule has 6 atom stereocenters. The highest BCUT2D eigenvalue weighted by Gasteiger charge is 2.44. The predicted octanol–water partition coefficient (Wildman–Crippen LogP) is 1.57. The van der Waals surface area contributed by atoms with Crippen LogP contribution in [0.1, 0.15) is 19.4 Å². The molecule has 5 heteroatoms. The van der Waals surface area contributed by atoms with Crippen molar-refractivity contribution in [2.24, 2.45) is 11.8 Å². The molecule has 0 radical (unpaired) electrons. The predicted molar refractivity (Wildman–Crippen MR) is 82.1 cm³/mol. The largest absolute Gasteiger partial charge is 0.394 e. The van der Waals surface area contributed by atoms with E-state index in [9.17, 15) is 5.11 Å². The summed E-state index contributed by atoms with van der Waals surface area (Å²) >= 11 is 0. The Bertz CT molecular complexity index is 436. The van der Waals surface area contributed by atoms with E-state index in [0.29, 0.717) is 6.61 Å². The summed E-state index contributed by atoms with van der Waals surface area (Å²) in [5, 5.41) is 19.1. The van der Waals surface area contributed by atoms with Crippen LogP contribution >= 0.6 is 0 Å². The van der Waals surface area contributed by atoms with Gasteiger partial charge in [0.15, 0.2) is 6.29 Å². The molecule has 2 N–H and O–H groups in total. The summed E-state index contributed by atoms with van der Waals surface area (Å²) in [7, 11) is 1.56. The van der Waals surface area contributed by atoms with E-state index in [1.165, 1.54) is 0 Å². The van der Waals surface area contributed by atoms with Crippen LogP contribution in [-0.2, 0) is 20.8 Å². The fourth-order valence-corrected chi connectivity index (χ4v) is 2.93. The summed E-state index contributed by atoms with van der Waals surface area (Å²) < 4.78 is 17.2. The van der Waals surface area contributed by atoms with Gasteiger partial charge in [-0.05, 0) is 17.4 Å². The van der Waals surface area contributed by atoms with Gasteiger partial charge in [-0.25, -0.2) is 0 Å². The Hall–Kier alpha value is -0.980. The summed E-state index contributed by atoms with van der Waals surface area (Å²) in [6.45, 7) is 4.22. The Kier molecular flexibility index (Phi) is 6.35. The topological polar surface area (TPSA) is 68.2 Å². The van der Waals surface area contributed by atoms with E-state index >= 15 is 0 Å². The number of rotatable bonds is 6. The molecule has 1 aromatic carbocycles. The maximum absolute atomic E-state index is 9.91. The molecule has 1 heterocycles. The molecule has 1 saturated heterocycles. The first-order valence-corrected chi connectivity index (χ1v) is 7.71. The lowest BCUT2D eigenvalue weighted by Crippen LogP contribution is -2.55. The molecule has 1 aliphatic rings. The maximum atomic E-state index is 9.91. The smallest absolute Gasteiger partial charge is 0.184 e. The van der Waals surface area contributed by atoms with E-state index < -0.39 is 18.5 Å². The van der Waals surface area contributed by atoms with E-state index in [4.69, 9.17) is 19.3 Å². The van der Waals surface area contributed by atoms with Crippen LogP contribution in [0, 0.1) is 11.8 Å². The van der Waals surface area contributed by atoms with Crippen molar-refractivity contribution in [3.05, 3.63) is 35.9 Å². The Morgan fingerprint density at radius 1 is 1.18 bits per heavy atom.